The Morgan fingerprint density at radius 2 is 1.56 bits per heavy atom. The first kappa shape index (κ1) is 38.7. The number of benzene rings is 1. The van der Waals surface area contributed by atoms with Crippen LogP contribution in [0.5, 0.6) is 0 Å². The molecule has 1 aliphatic rings. The van der Waals surface area contributed by atoms with Crippen LogP contribution in [0.3, 0.4) is 0 Å². The molecule has 0 amide bonds. The van der Waals surface area contributed by atoms with Gasteiger partial charge < -0.3 is 8.85 Å². The lowest BCUT2D eigenvalue weighted by atomic mass is 9.69. The minimum absolute atomic E-state index is 0.117. The van der Waals surface area contributed by atoms with Gasteiger partial charge in [0.25, 0.3) is 0 Å². The Morgan fingerprint density at radius 3 is 2.20 bits per heavy atom. The normalized spacial score (nSPS) is 19.0. The van der Waals surface area contributed by atoms with Crippen molar-refractivity contribution < 1.29 is 13.1 Å². The summed E-state index contributed by atoms with van der Waals surface area (Å²) in [6, 6.07) is 18.7. The molecule has 4 aromatic rings. The topological polar surface area (TPSA) is 105 Å². The second kappa shape index (κ2) is 14.1. The van der Waals surface area contributed by atoms with Crippen LogP contribution in [0.1, 0.15) is 92.0 Å². The second-order valence-electron chi connectivity index (χ2n) is 17.9. The largest absolute Gasteiger partial charge is 0.414 e. The molecule has 0 bridgehead atoms. The molecule has 0 aliphatic heterocycles. The van der Waals surface area contributed by atoms with Crippen LogP contribution in [0, 0.1) is 5.92 Å². The molecule has 11 heteroatoms. The zero-order valence-electron chi connectivity index (χ0n) is 32.3. The van der Waals surface area contributed by atoms with Crippen molar-refractivity contribution in [1.82, 2.24) is 19.7 Å². The van der Waals surface area contributed by atoms with Gasteiger partial charge in [-0.25, -0.2) is 13.9 Å². The summed E-state index contributed by atoms with van der Waals surface area (Å²) in [4.78, 5) is 10.2. The Labute approximate surface area is 304 Å². The van der Waals surface area contributed by atoms with Crippen molar-refractivity contribution in [2.24, 2.45) is 11.1 Å². The number of hydrogen-bond donors (Lipinski definition) is 1. The van der Waals surface area contributed by atoms with Gasteiger partial charge in [0.15, 0.2) is 22.5 Å². The highest BCUT2D eigenvalue weighted by atomic mass is 32.2. The molecular formula is C39H59N5O3SSi2. The number of hydrogen-bond acceptors (Lipinski definition) is 6. The minimum atomic E-state index is -1.91. The SMILES string of the molecule is CC(C)(C[C@@H](c1cccc(-c2ccc3cnn(-c4cccc(CO[Si](C)(C)C(C)(C)C)n4)c3c2)n1)C1CC(O[Si](C)(C)C(C)(C)C)C1)S(N)=O. The highest BCUT2D eigenvalue weighted by molar-refractivity contribution is 7.84. The van der Waals surface area contributed by atoms with Crippen LogP contribution < -0.4 is 5.14 Å². The molecule has 0 radical (unpaired) electrons. The van der Waals surface area contributed by atoms with E-state index in [9.17, 15) is 4.21 Å². The van der Waals surface area contributed by atoms with Gasteiger partial charge in [-0.05, 0) is 106 Å². The summed E-state index contributed by atoms with van der Waals surface area (Å²) in [5.74, 6) is 1.26. The summed E-state index contributed by atoms with van der Waals surface area (Å²) >= 11 is 0. The molecule has 2 N–H and O–H groups in total. The molecule has 3 aromatic heterocycles. The predicted molar refractivity (Wildman–Crippen MR) is 213 cm³/mol. The van der Waals surface area contributed by atoms with Gasteiger partial charge in [0.05, 0.1) is 45.4 Å². The van der Waals surface area contributed by atoms with Crippen molar-refractivity contribution >= 4 is 38.5 Å². The van der Waals surface area contributed by atoms with Crippen LogP contribution in [0.15, 0.2) is 60.8 Å². The van der Waals surface area contributed by atoms with Crippen LogP contribution in [-0.4, -0.2) is 51.4 Å². The first-order valence-electron chi connectivity index (χ1n) is 18.0. The van der Waals surface area contributed by atoms with E-state index in [0.29, 0.717) is 18.9 Å². The Bertz CT molecular complexity index is 1840. The maximum atomic E-state index is 12.6. The van der Waals surface area contributed by atoms with Gasteiger partial charge in [0.1, 0.15) is 0 Å². The molecule has 272 valence electrons. The lowest BCUT2D eigenvalue weighted by molar-refractivity contribution is 0.0357. The molecule has 3 heterocycles. The third-order valence-corrected chi connectivity index (χ3v) is 21.9. The van der Waals surface area contributed by atoms with Crippen LogP contribution in [0.4, 0.5) is 0 Å². The Morgan fingerprint density at radius 1 is 0.900 bits per heavy atom. The van der Waals surface area contributed by atoms with Gasteiger partial charge in [-0.2, -0.15) is 5.10 Å². The number of nitrogens with zero attached hydrogens (tertiary/aromatic N) is 4. The van der Waals surface area contributed by atoms with Crippen molar-refractivity contribution in [2.75, 3.05) is 0 Å². The fourth-order valence-corrected chi connectivity index (χ4v) is 8.73. The van der Waals surface area contributed by atoms with E-state index in [1.54, 1.807) is 0 Å². The van der Waals surface area contributed by atoms with Crippen molar-refractivity contribution in [3.05, 3.63) is 72.2 Å². The van der Waals surface area contributed by atoms with Gasteiger partial charge in [0, 0.05) is 28.7 Å². The third kappa shape index (κ3) is 8.39. The minimum Gasteiger partial charge on any atom is -0.414 e. The molecule has 50 heavy (non-hydrogen) atoms. The molecule has 1 fully saturated rings. The maximum absolute atomic E-state index is 12.6. The molecule has 1 aliphatic carbocycles. The monoisotopic (exact) mass is 733 g/mol. The Balaban J connectivity index is 1.42. The summed E-state index contributed by atoms with van der Waals surface area (Å²) in [5.41, 5.74) is 4.77. The van der Waals surface area contributed by atoms with E-state index in [1.165, 1.54) is 0 Å². The number of pyridine rings is 2. The summed E-state index contributed by atoms with van der Waals surface area (Å²) in [6.07, 6.45) is 4.79. The van der Waals surface area contributed by atoms with Crippen molar-refractivity contribution in [3.8, 4) is 17.1 Å². The Kier molecular flexibility index (Phi) is 10.9. The van der Waals surface area contributed by atoms with Gasteiger partial charge >= 0.3 is 0 Å². The fraction of sp³-hybridized carbons (Fsp3) is 0.564. The zero-order valence-corrected chi connectivity index (χ0v) is 35.1. The first-order valence-corrected chi connectivity index (χ1v) is 25.0. The average Bonchev–Trinajstić information content (AvgIpc) is 3.43. The van der Waals surface area contributed by atoms with Crippen molar-refractivity contribution in [1.29, 1.82) is 0 Å². The average molecular weight is 734 g/mol. The maximum Gasteiger partial charge on any atom is 0.192 e. The zero-order chi connectivity index (χ0) is 36.9. The van der Waals surface area contributed by atoms with Gasteiger partial charge in [-0.3, -0.25) is 10.1 Å². The fourth-order valence-electron chi connectivity index (χ4n) is 6.06. The molecule has 5 rings (SSSR count). The third-order valence-electron chi connectivity index (χ3n) is 11.6. The summed E-state index contributed by atoms with van der Waals surface area (Å²) in [6.45, 7) is 27.3. The standard InChI is InChI=1S/C39H59N5O3SSi2/c1-37(2,3)49(9,10)46-26-30-15-13-18-36(42-30)44-35-23-27(19-20-28(35)25-41-44)33-16-14-17-34(43-33)32(24-39(7,8)48(40)45)29-21-31(22-29)47-50(11,12)38(4,5)6/h13-20,23,25,29,31-32H,21-22,24,26,40H2,1-12H3/t29?,31?,32-,48?/m1/s1. The molecule has 8 nitrogen and oxygen atoms in total. The van der Waals surface area contributed by atoms with Crippen molar-refractivity contribution in [2.45, 2.75) is 134 Å². The van der Waals surface area contributed by atoms with Crippen LogP contribution in [-0.2, 0) is 26.4 Å². The van der Waals surface area contributed by atoms with E-state index < -0.39 is 32.4 Å². The van der Waals surface area contributed by atoms with Crippen LogP contribution >= 0.6 is 0 Å². The molecule has 0 spiro atoms. The lowest BCUT2D eigenvalue weighted by Crippen LogP contribution is -2.49. The number of fused-ring (bicyclic) bond motifs is 1. The van der Waals surface area contributed by atoms with Gasteiger partial charge in [0.2, 0.25) is 0 Å². The number of nitrogens with two attached hydrogens (primary N) is 1. The van der Waals surface area contributed by atoms with Gasteiger partial charge in [-0.1, -0.05) is 65.8 Å². The molecule has 0 saturated heterocycles. The second-order valence-corrected chi connectivity index (χ2v) is 29.2. The number of rotatable bonds is 12. The molecule has 1 aromatic carbocycles. The lowest BCUT2D eigenvalue weighted by Gasteiger charge is -2.47. The first-order chi connectivity index (χ1) is 23.1. The summed E-state index contributed by atoms with van der Waals surface area (Å²) in [7, 11) is -5.24. The van der Waals surface area contributed by atoms with E-state index in [2.05, 4.69) is 104 Å². The smallest absolute Gasteiger partial charge is 0.192 e. The molecule has 1 saturated carbocycles. The quantitative estimate of drug-likeness (QED) is 0.145. The van der Waals surface area contributed by atoms with E-state index in [1.807, 2.05) is 42.9 Å². The van der Waals surface area contributed by atoms with Gasteiger partial charge in [-0.15, -0.1) is 0 Å². The van der Waals surface area contributed by atoms with Crippen LogP contribution in [0.2, 0.25) is 36.3 Å². The van der Waals surface area contributed by atoms with E-state index in [-0.39, 0.29) is 22.1 Å². The van der Waals surface area contributed by atoms with E-state index in [4.69, 9.17) is 29.1 Å². The van der Waals surface area contributed by atoms with E-state index >= 15 is 0 Å². The van der Waals surface area contributed by atoms with Crippen molar-refractivity contribution in [3.63, 3.8) is 0 Å². The molecule has 2 atom stereocenters. The summed E-state index contributed by atoms with van der Waals surface area (Å²) in [5, 5.41) is 12.1. The van der Waals surface area contributed by atoms with E-state index in [0.717, 1.165) is 52.2 Å². The Hall–Kier alpha value is -2.55. The molecular weight excluding hydrogens is 675 g/mol. The summed E-state index contributed by atoms with van der Waals surface area (Å²) < 4.78 is 27.2. The molecule has 1 unspecified atom stereocenters. The van der Waals surface area contributed by atoms with Crippen LogP contribution in [0.25, 0.3) is 28.0 Å². The highest BCUT2D eigenvalue weighted by Crippen LogP contribution is 2.48. The predicted octanol–water partition coefficient (Wildman–Crippen LogP) is 9.68. The highest BCUT2D eigenvalue weighted by Gasteiger charge is 2.46. The number of aromatic nitrogens is 4.